The van der Waals surface area contributed by atoms with Crippen molar-refractivity contribution in [3.05, 3.63) is 36.0 Å². The fraction of sp³-hybridized carbons (Fsp3) is 0.231. The first kappa shape index (κ1) is 13.7. The van der Waals surface area contributed by atoms with E-state index in [1.165, 1.54) is 6.92 Å². The van der Waals surface area contributed by atoms with Gasteiger partial charge < -0.3 is 15.2 Å². The maximum Gasteiger partial charge on any atom is 0.232 e. The highest BCUT2D eigenvalue weighted by atomic mass is 16.5. The van der Waals surface area contributed by atoms with Crippen molar-refractivity contribution in [2.24, 2.45) is 0 Å². The Morgan fingerprint density at radius 1 is 1.15 bits per heavy atom. The number of hydrogen-bond acceptors (Lipinski definition) is 5. The number of nitrogens with one attached hydrogen (secondary N) is 2. The number of benzene rings is 1. The van der Waals surface area contributed by atoms with E-state index in [-0.39, 0.29) is 18.2 Å². The van der Waals surface area contributed by atoms with Gasteiger partial charge in [0.05, 0.1) is 6.42 Å². The van der Waals surface area contributed by atoms with E-state index in [1.54, 1.807) is 31.2 Å². The number of hydrogen-bond donors (Lipinski definition) is 2. The topological polar surface area (TPSA) is 97.1 Å². The van der Waals surface area contributed by atoms with Gasteiger partial charge in [-0.25, -0.2) is 0 Å². The smallest absolute Gasteiger partial charge is 0.232 e. The quantitative estimate of drug-likeness (QED) is 0.881. The lowest BCUT2D eigenvalue weighted by atomic mass is 10.2. The zero-order chi connectivity index (χ0) is 14.5. The molecule has 20 heavy (non-hydrogen) atoms. The van der Waals surface area contributed by atoms with E-state index in [1.807, 2.05) is 0 Å². The van der Waals surface area contributed by atoms with Crippen LogP contribution in [0, 0.1) is 6.92 Å². The molecule has 1 aromatic carbocycles. The summed E-state index contributed by atoms with van der Waals surface area (Å²) >= 11 is 0. The highest BCUT2D eigenvalue weighted by Gasteiger charge is 2.09. The highest BCUT2D eigenvalue weighted by molar-refractivity contribution is 5.92. The van der Waals surface area contributed by atoms with Crippen molar-refractivity contribution >= 4 is 23.2 Å². The molecule has 7 heteroatoms. The second-order valence-electron chi connectivity index (χ2n) is 4.21. The predicted octanol–water partition coefficient (Wildman–Crippen LogP) is 1.52. The number of nitrogens with zero attached hydrogens (tertiary/aromatic N) is 2. The standard InChI is InChI=1S/C13H14N4O3/c1-8(18)14-10-3-5-11(6-4-10)16-13(19)7-12-15-9(2)20-17-12/h3-6H,7H2,1-2H3,(H,14,18)(H,16,19). The summed E-state index contributed by atoms with van der Waals surface area (Å²) in [6.45, 7) is 3.09. The monoisotopic (exact) mass is 274 g/mol. The molecule has 0 saturated heterocycles. The minimum Gasteiger partial charge on any atom is -0.340 e. The van der Waals surface area contributed by atoms with Crippen molar-refractivity contribution in [1.29, 1.82) is 0 Å². The van der Waals surface area contributed by atoms with E-state index in [4.69, 9.17) is 4.52 Å². The molecule has 2 amide bonds. The number of amides is 2. The van der Waals surface area contributed by atoms with Crippen molar-refractivity contribution in [2.75, 3.05) is 10.6 Å². The van der Waals surface area contributed by atoms with Gasteiger partial charge in [-0.3, -0.25) is 9.59 Å². The molecule has 0 saturated carbocycles. The Bertz CT molecular complexity index is 619. The van der Waals surface area contributed by atoms with Gasteiger partial charge in [0.2, 0.25) is 17.7 Å². The van der Waals surface area contributed by atoms with Gasteiger partial charge in [0, 0.05) is 25.2 Å². The summed E-state index contributed by atoms with van der Waals surface area (Å²) < 4.78 is 4.79. The summed E-state index contributed by atoms with van der Waals surface area (Å²) in [5.74, 6) is 0.384. The maximum absolute atomic E-state index is 11.8. The Kier molecular flexibility index (Phi) is 4.09. The number of anilines is 2. The van der Waals surface area contributed by atoms with E-state index >= 15 is 0 Å². The third-order valence-electron chi connectivity index (χ3n) is 2.38. The second-order valence-corrected chi connectivity index (χ2v) is 4.21. The molecule has 1 heterocycles. The van der Waals surface area contributed by atoms with Crippen LogP contribution in [0.5, 0.6) is 0 Å². The van der Waals surface area contributed by atoms with Crippen LogP contribution in [0.3, 0.4) is 0 Å². The molecule has 0 unspecified atom stereocenters. The SMILES string of the molecule is CC(=O)Nc1ccc(NC(=O)Cc2noc(C)n2)cc1. The van der Waals surface area contributed by atoms with Crippen LogP contribution < -0.4 is 10.6 Å². The number of aryl methyl sites for hydroxylation is 1. The first-order valence-electron chi connectivity index (χ1n) is 5.99. The zero-order valence-corrected chi connectivity index (χ0v) is 11.1. The fourth-order valence-corrected chi connectivity index (χ4v) is 1.60. The molecule has 104 valence electrons. The van der Waals surface area contributed by atoms with Crippen LogP contribution in [0.15, 0.2) is 28.8 Å². The van der Waals surface area contributed by atoms with Crippen LogP contribution in [0.4, 0.5) is 11.4 Å². The van der Waals surface area contributed by atoms with Gasteiger partial charge >= 0.3 is 0 Å². The van der Waals surface area contributed by atoms with Gasteiger partial charge in [-0.2, -0.15) is 4.98 Å². The van der Waals surface area contributed by atoms with Gasteiger partial charge in [0.15, 0.2) is 5.82 Å². The van der Waals surface area contributed by atoms with Gasteiger partial charge in [0.1, 0.15) is 0 Å². The average Bonchev–Trinajstić information content (AvgIpc) is 2.76. The van der Waals surface area contributed by atoms with Crippen LogP contribution in [0.1, 0.15) is 18.6 Å². The summed E-state index contributed by atoms with van der Waals surface area (Å²) in [5, 5.41) is 9.00. The molecule has 2 N–H and O–H groups in total. The van der Waals surface area contributed by atoms with Crippen LogP contribution in [0.2, 0.25) is 0 Å². The van der Waals surface area contributed by atoms with Gasteiger partial charge in [-0.15, -0.1) is 0 Å². The van der Waals surface area contributed by atoms with Gasteiger partial charge in [-0.05, 0) is 24.3 Å². The molecule has 7 nitrogen and oxygen atoms in total. The maximum atomic E-state index is 11.8. The Morgan fingerprint density at radius 3 is 2.25 bits per heavy atom. The minimum atomic E-state index is -0.238. The van der Waals surface area contributed by atoms with E-state index in [0.717, 1.165) is 0 Å². The lowest BCUT2D eigenvalue weighted by molar-refractivity contribution is -0.116. The molecule has 0 aliphatic heterocycles. The third-order valence-corrected chi connectivity index (χ3v) is 2.38. The average molecular weight is 274 g/mol. The Morgan fingerprint density at radius 2 is 1.75 bits per heavy atom. The van der Waals surface area contributed by atoms with Crippen molar-refractivity contribution < 1.29 is 14.1 Å². The summed E-state index contributed by atoms with van der Waals surface area (Å²) in [6, 6.07) is 6.81. The number of aromatic nitrogens is 2. The van der Waals surface area contributed by atoms with Gasteiger partial charge in [0.25, 0.3) is 0 Å². The van der Waals surface area contributed by atoms with E-state index in [0.29, 0.717) is 23.1 Å². The molecular formula is C13H14N4O3. The van der Waals surface area contributed by atoms with Crippen molar-refractivity contribution in [1.82, 2.24) is 10.1 Å². The molecule has 0 fully saturated rings. The molecule has 0 radical (unpaired) electrons. The summed E-state index contributed by atoms with van der Waals surface area (Å²) in [6.07, 6.45) is 0.0464. The first-order chi connectivity index (χ1) is 9.52. The molecule has 0 spiro atoms. The largest absolute Gasteiger partial charge is 0.340 e. The molecule has 2 rings (SSSR count). The third kappa shape index (κ3) is 3.91. The molecule has 2 aromatic rings. The number of rotatable bonds is 4. The molecule has 0 aliphatic rings. The summed E-state index contributed by atoms with van der Waals surface area (Å²) in [7, 11) is 0. The van der Waals surface area contributed by atoms with Crippen LogP contribution in [0.25, 0.3) is 0 Å². The zero-order valence-electron chi connectivity index (χ0n) is 11.1. The van der Waals surface area contributed by atoms with Crippen LogP contribution >= 0.6 is 0 Å². The molecule has 0 atom stereocenters. The minimum absolute atomic E-state index is 0.0464. The fourth-order valence-electron chi connectivity index (χ4n) is 1.60. The first-order valence-corrected chi connectivity index (χ1v) is 5.99. The van der Waals surface area contributed by atoms with Crippen molar-refractivity contribution in [3.8, 4) is 0 Å². The predicted molar refractivity (Wildman–Crippen MR) is 72.1 cm³/mol. The second kappa shape index (κ2) is 5.96. The van der Waals surface area contributed by atoms with E-state index < -0.39 is 0 Å². The van der Waals surface area contributed by atoms with Gasteiger partial charge in [-0.1, -0.05) is 5.16 Å². The molecule has 0 aliphatic carbocycles. The molecule has 0 bridgehead atoms. The van der Waals surface area contributed by atoms with Crippen LogP contribution in [-0.4, -0.2) is 22.0 Å². The van der Waals surface area contributed by atoms with E-state index in [2.05, 4.69) is 20.8 Å². The van der Waals surface area contributed by atoms with Crippen molar-refractivity contribution in [3.63, 3.8) is 0 Å². The normalized spacial score (nSPS) is 10.1. The van der Waals surface area contributed by atoms with E-state index in [9.17, 15) is 9.59 Å². The summed E-state index contributed by atoms with van der Waals surface area (Å²) in [4.78, 5) is 26.6. The molecule has 1 aromatic heterocycles. The number of carbonyl (C=O) groups excluding carboxylic acids is 2. The Hall–Kier alpha value is -2.70. The lowest BCUT2D eigenvalue weighted by Crippen LogP contribution is -2.15. The van der Waals surface area contributed by atoms with Crippen LogP contribution in [-0.2, 0) is 16.0 Å². The molecular weight excluding hydrogens is 260 g/mol. The Labute approximate surface area is 115 Å². The number of carbonyl (C=O) groups is 2. The summed E-state index contributed by atoms with van der Waals surface area (Å²) in [5.41, 5.74) is 1.30. The lowest BCUT2D eigenvalue weighted by Gasteiger charge is -2.05. The Balaban J connectivity index is 1.92. The van der Waals surface area contributed by atoms with Crippen molar-refractivity contribution in [2.45, 2.75) is 20.3 Å². The highest BCUT2D eigenvalue weighted by Crippen LogP contribution is 2.13.